The Kier molecular flexibility index (Phi) is 3.72. The zero-order valence-corrected chi connectivity index (χ0v) is 11.9. The summed E-state index contributed by atoms with van der Waals surface area (Å²) >= 11 is 0. The maximum absolute atomic E-state index is 10.6. The zero-order chi connectivity index (χ0) is 14.0. The molecule has 3 rings (SSSR count). The number of benzene rings is 1. The molecule has 106 valence electrons. The summed E-state index contributed by atoms with van der Waals surface area (Å²) < 4.78 is 5.64. The molecule has 1 aliphatic carbocycles. The molecule has 0 aliphatic heterocycles. The third-order valence-electron chi connectivity index (χ3n) is 4.52. The van der Waals surface area contributed by atoms with E-state index in [9.17, 15) is 5.11 Å². The first-order valence-corrected chi connectivity index (χ1v) is 7.31. The maximum atomic E-state index is 10.6. The lowest BCUT2D eigenvalue weighted by Gasteiger charge is -2.32. The number of aromatic nitrogens is 1. The summed E-state index contributed by atoms with van der Waals surface area (Å²) in [5, 5.41) is 11.7. The van der Waals surface area contributed by atoms with Gasteiger partial charge in [0.1, 0.15) is 0 Å². The highest BCUT2D eigenvalue weighted by Crippen LogP contribution is 2.36. The summed E-state index contributed by atoms with van der Waals surface area (Å²) in [5.41, 5.74) is 1.54. The van der Waals surface area contributed by atoms with Gasteiger partial charge >= 0.3 is 0 Å². The van der Waals surface area contributed by atoms with Crippen LogP contribution >= 0.6 is 0 Å². The highest BCUT2D eigenvalue weighted by Gasteiger charge is 2.40. The van der Waals surface area contributed by atoms with Crippen molar-refractivity contribution in [3.63, 3.8) is 0 Å². The maximum Gasteiger partial charge on any atom is 0.0940 e. The molecular formula is C17H21NO2. The van der Waals surface area contributed by atoms with Crippen LogP contribution < -0.4 is 0 Å². The van der Waals surface area contributed by atoms with E-state index in [1.54, 1.807) is 7.11 Å². The monoisotopic (exact) mass is 271 g/mol. The number of rotatable bonds is 4. The summed E-state index contributed by atoms with van der Waals surface area (Å²) in [5.74, 6) is 0. The van der Waals surface area contributed by atoms with E-state index in [1.165, 1.54) is 0 Å². The lowest BCUT2D eigenvalue weighted by molar-refractivity contribution is -0.0973. The van der Waals surface area contributed by atoms with E-state index in [0.717, 1.165) is 42.3 Å². The van der Waals surface area contributed by atoms with Gasteiger partial charge in [0.25, 0.3) is 0 Å². The summed E-state index contributed by atoms with van der Waals surface area (Å²) in [6.07, 6.45) is 4.23. The first-order valence-electron chi connectivity index (χ1n) is 7.31. The highest BCUT2D eigenvalue weighted by molar-refractivity contribution is 5.78. The molecule has 1 saturated carbocycles. The molecule has 1 unspecified atom stereocenters. The van der Waals surface area contributed by atoms with E-state index in [0.29, 0.717) is 6.42 Å². The zero-order valence-electron chi connectivity index (χ0n) is 11.9. The van der Waals surface area contributed by atoms with Crippen molar-refractivity contribution >= 4 is 10.9 Å². The van der Waals surface area contributed by atoms with Gasteiger partial charge in [0.05, 0.1) is 17.2 Å². The van der Waals surface area contributed by atoms with Crippen LogP contribution in [0.25, 0.3) is 10.9 Å². The van der Waals surface area contributed by atoms with Crippen LogP contribution in [0.4, 0.5) is 0 Å². The largest absolute Gasteiger partial charge is 0.390 e. The van der Waals surface area contributed by atoms with Crippen molar-refractivity contribution in [2.24, 2.45) is 0 Å². The number of ether oxygens (including phenoxy) is 1. The van der Waals surface area contributed by atoms with Gasteiger partial charge in [-0.2, -0.15) is 0 Å². The molecule has 0 spiro atoms. The number of aliphatic hydroxyl groups is 1. The highest BCUT2D eigenvalue weighted by atomic mass is 16.5. The standard InChI is InChI=1S/C17H21NO2/c1-20-17(10-4-5-11-17)16(19)12-14-9-8-13-6-2-3-7-15(13)18-14/h2-3,6-9,16,19H,4-5,10-12H2,1H3. The molecule has 3 nitrogen and oxygen atoms in total. The minimum atomic E-state index is -0.483. The lowest BCUT2D eigenvalue weighted by Crippen LogP contribution is -2.43. The van der Waals surface area contributed by atoms with Gasteiger partial charge in [0.2, 0.25) is 0 Å². The van der Waals surface area contributed by atoms with Gasteiger partial charge in [-0.3, -0.25) is 4.98 Å². The number of nitrogens with zero attached hydrogens (tertiary/aromatic N) is 1. The predicted molar refractivity (Wildman–Crippen MR) is 79.7 cm³/mol. The van der Waals surface area contributed by atoms with Crippen molar-refractivity contribution in [2.75, 3.05) is 7.11 Å². The second-order valence-electron chi connectivity index (χ2n) is 5.69. The number of para-hydroxylation sites is 1. The van der Waals surface area contributed by atoms with Gasteiger partial charge < -0.3 is 9.84 Å². The molecule has 1 aliphatic rings. The van der Waals surface area contributed by atoms with Crippen LogP contribution in [0.2, 0.25) is 0 Å². The molecule has 1 atom stereocenters. The first-order chi connectivity index (χ1) is 9.73. The Labute approximate surface area is 119 Å². The second kappa shape index (κ2) is 5.51. The quantitative estimate of drug-likeness (QED) is 0.929. The van der Waals surface area contributed by atoms with Gasteiger partial charge in [-0.05, 0) is 25.0 Å². The summed E-state index contributed by atoms with van der Waals surface area (Å²) in [6.45, 7) is 0. The van der Waals surface area contributed by atoms with Crippen molar-refractivity contribution in [2.45, 2.75) is 43.8 Å². The van der Waals surface area contributed by atoms with Crippen molar-refractivity contribution < 1.29 is 9.84 Å². The fraction of sp³-hybridized carbons (Fsp3) is 0.471. The number of hydrogen-bond donors (Lipinski definition) is 1. The normalized spacial score (nSPS) is 19.3. The predicted octanol–water partition coefficient (Wildman–Crippen LogP) is 3.10. The van der Waals surface area contributed by atoms with Gasteiger partial charge in [0.15, 0.2) is 0 Å². The molecule has 2 aromatic rings. The molecule has 1 aromatic heterocycles. The molecule has 0 saturated heterocycles. The molecule has 20 heavy (non-hydrogen) atoms. The third kappa shape index (κ3) is 2.43. The van der Waals surface area contributed by atoms with Crippen LogP contribution in [-0.4, -0.2) is 28.9 Å². The van der Waals surface area contributed by atoms with Crippen LogP contribution in [0.15, 0.2) is 36.4 Å². The van der Waals surface area contributed by atoms with E-state index in [2.05, 4.69) is 17.1 Å². The van der Waals surface area contributed by atoms with Gasteiger partial charge in [0, 0.05) is 24.6 Å². The van der Waals surface area contributed by atoms with E-state index >= 15 is 0 Å². The SMILES string of the molecule is COC1(C(O)Cc2ccc3ccccc3n2)CCCC1. The molecule has 1 N–H and O–H groups in total. The van der Waals surface area contributed by atoms with Gasteiger partial charge in [-0.1, -0.05) is 37.1 Å². The number of methoxy groups -OCH3 is 1. The van der Waals surface area contributed by atoms with E-state index in [1.807, 2.05) is 24.3 Å². The minimum absolute atomic E-state index is 0.368. The average Bonchev–Trinajstić information content (AvgIpc) is 2.97. The number of hydrogen-bond acceptors (Lipinski definition) is 3. The first kappa shape index (κ1) is 13.5. The fourth-order valence-corrected chi connectivity index (χ4v) is 3.25. The molecular weight excluding hydrogens is 250 g/mol. The summed E-state index contributed by atoms with van der Waals surface area (Å²) in [6, 6.07) is 12.1. The van der Waals surface area contributed by atoms with Gasteiger partial charge in [-0.25, -0.2) is 0 Å². The Morgan fingerprint density at radius 3 is 2.70 bits per heavy atom. The van der Waals surface area contributed by atoms with Crippen molar-refractivity contribution in [1.82, 2.24) is 4.98 Å². The average molecular weight is 271 g/mol. The molecule has 0 bridgehead atoms. The summed E-state index contributed by atoms with van der Waals surface area (Å²) in [7, 11) is 1.71. The van der Waals surface area contributed by atoms with Crippen molar-refractivity contribution in [3.8, 4) is 0 Å². The molecule has 3 heteroatoms. The summed E-state index contributed by atoms with van der Waals surface area (Å²) in [4.78, 5) is 4.64. The molecule has 1 aromatic carbocycles. The van der Waals surface area contributed by atoms with E-state index in [-0.39, 0.29) is 5.60 Å². The lowest BCUT2D eigenvalue weighted by atomic mass is 9.91. The molecule has 0 radical (unpaired) electrons. The topological polar surface area (TPSA) is 42.4 Å². The molecule has 0 amide bonds. The van der Waals surface area contributed by atoms with E-state index < -0.39 is 6.10 Å². The Balaban J connectivity index is 1.81. The number of aliphatic hydroxyl groups excluding tert-OH is 1. The van der Waals surface area contributed by atoms with E-state index in [4.69, 9.17) is 4.74 Å². The van der Waals surface area contributed by atoms with Crippen LogP contribution in [0.1, 0.15) is 31.4 Å². The van der Waals surface area contributed by atoms with Crippen LogP contribution in [0, 0.1) is 0 Å². The fourth-order valence-electron chi connectivity index (χ4n) is 3.25. The van der Waals surface area contributed by atoms with Crippen LogP contribution in [0.3, 0.4) is 0 Å². The van der Waals surface area contributed by atoms with Gasteiger partial charge in [-0.15, -0.1) is 0 Å². The second-order valence-corrected chi connectivity index (χ2v) is 5.69. The van der Waals surface area contributed by atoms with Crippen LogP contribution in [0.5, 0.6) is 0 Å². The molecule has 1 fully saturated rings. The Morgan fingerprint density at radius 1 is 1.20 bits per heavy atom. The Hall–Kier alpha value is -1.45. The van der Waals surface area contributed by atoms with Crippen molar-refractivity contribution in [3.05, 3.63) is 42.1 Å². The smallest absolute Gasteiger partial charge is 0.0940 e. The Morgan fingerprint density at radius 2 is 1.95 bits per heavy atom. The minimum Gasteiger partial charge on any atom is -0.390 e. The number of pyridine rings is 1. The third-order valence-corrected chi connectivity index (χ3v) is 4.52. The van der Waals surface area contributed by atoms with Crippen molar-refractivity contribution in [1.29, 1.82) is 0 Å². The Bertz CT molecular complexity index is 590. The van der Waals surface area contributed by atoms with Crippen LogP contribution in [-0.2, 0) is 11.2 Å². The molecule has 1 heterocycles. The number of fused-ring (bicyclic) bond motifs is 1.